The second kappa shape index (κ2) is 8.68. The monoisotopic (exact) mass is 457 g/mol. The molecule has 1 amide bonds. The Balaban J connectivity index is 1.69. The third-order valence-electron chi connectivity index (χ3n) is 5.75. The highest BCUT2D eigenvalue weighted by Gasteiger charge is 2.27. The van der Waals surface area contributed by atoms with Crippen LogP contribution in [0.15, 0.2) is 46.3 Å². The van der Waals surface area contributed by atoms with Gasteiger partial charge in [-0.15, -0.1) is 0 Å². The number of thiazole rings is 1. The molecule has 4 rings (SSSR count). The molecule has 1 aliphatic rings. The molecule has 8 heteroatoms. The number of sulfonamides is 1. The Labute approximate surface area is 186 Å². The van der Waals surface area contributed by atoms with Crippen LogP contribution < -0.4 is 4.80 Å². The average molecular weight is 458 g/mol. The third kappa shape index (κ3) is 4.24. The molecule has 0 aliphatic carbocycles. The first-order valence-electron chi connectivity index (χ1n) is 10.6. The lowest BCUT2D eigenvalue weighted by Crippen LogP contribution is -2.27. The summed E-state index contributed by atoms with van der Waals surface area (Å²) in [5.74, 6) is -0.366. The number of carbonyl (C=O) groups is 1. The lowest BCUT2D eigenvalue weighted by Gasteiger charge is -2.15. The van der Waals surface area contributed by atoms with Gasteiger partial charge in [-0.3, -0.25) is 4.79 Å². The van der Waals surface area contributed by atoms with Crippen LogP contribution in [0, 0.1) is 13.8 Å². The maximum atomic E-state index is 12.9. The van der Waals surface area contributed by atoms with Crippen molar-refractivity contribution in [3.05, 3.63) is 57.9 Å². The lowest BCUT2D eigenvalue weighted by atomic mass is 10.1. The number of aromatic nitrogens is 1. The van der Waals surface area contributed by atoms with E-state index in [9.17, 15) is 13.2 Å². The van der Waals surface area contributed by atoms with Crippen molar-refractivity contribution in [2.45, 2.75) is 51.5 Å². The highest BCUT2D eigenvalue weighted by atomic mass is 32.2. The maximum absolute atomic E-state index is 12.9. The van der Waals surface area contributed by atoms with Crippen molar-refractivity contribution in [2.75, 3.05) is 13.1 Å². The van der Waals surface area contributed by atoms with Crippen molar-refractivity contribution in [3.63, 3.8) is 0 Å². The topological polar surface area (TPSA) is 71.7 Å². The van der Waals surface area contributed by atoms with Crippen LogP contribution in [0.1, 0.15) is 47.7 Å². The Kier molecular flexibility index (Phi) is 6.14. The Hall–Kier alpha value is -2.29. The summed E-state index contributed by atoms with van der Waals surface area (Å²) < 4.78 is 30.1. The minimum atomic E-state index is -3.49. The molecule has 31 heavy (non-hydrogen) atoms. The number of aryl methyl sites for hydroxylation is 3. The van der Waals surface area contributed by atoms with Crippen molar-refractivity contribution < 1.29 is 13.2 Å². The molecular weight excluding hydrogens is 430 g/mol. The summed E-state index contributed by atoms with van der Waals surface area (Å²) in [6.07, 6.45) is 2.71. The van der Waals surface area contributed by atoms with E-state index in [4.69, 9.17) is 0 Å². The second-order valence-electron chi connectivity index (χ2n) is 7.99. The van der Waals surface area contributed by atoms with Crippen molar-refractivity contribution in [1.29, 1.82) is 0 Å². The molecule has 2 aromatic carbocycles. The van der Waals surface area contributed by atoms with Gasteiger partial charge in [0.05, 0.1) is 15.1 Å². The first-order valence-corrected chi connectivity index (χ1v) is 12.9. The number of carbonyl (C=O) groups excluding carboxylic acids is 1. The van der Waals surface area contributed by atoms with Gasteiger partial charge in [0.1, 0.15) is 0 Å². The smallest absolute Gasteiger partial charge is 0.279 e. The zero-order valence-electron chi connectivity index (χ0n) is 18.1. The molecule has 0 N–H and O–H groups in total. The molecule has 6 nitrogen and oxygen atoms in total. The van der Waals surface area contributed by atoms with Crippen molar-refractivity contribution >= 4 is 37.5 Å². The molecule has 0 unspecified atom stereocenters. The second-order valence-corrected chi connectivity index (χ2v) is 10.9. The fourth-order valence-electron chi connectivity index (χ4n) is 3.84. The summed E-state index contributed by atoms with van der Waals surface area (Å²) in [6.45, 7) is 8.16. The Morgan fingerprint density at radius 2 is 1.71 bits per heavy atom. The van der Waals surface area contributed by atoms with E-state index >= 15 is 0 Å². The predicted octanol–water partition coefficient (Wildman–Crippen LogP) is 4.26. The maximum Gasteiger partial charge on any atom is 0.279 e. The van der Waals surface area contributed by atoms with E-state index in [0.29, 0.717) is 23.5 Å². The molecule has 1 aromatic heterocycles. The van der Waals surface area contributed by atoms with Crippen LogP contribution in [0.3, 0.4) is 0 Å². The van der Waals surface area contributed by atoms with Crippen LogP contribution in [0.2, 0.25) is 0 Å². The van der Waals surface area contributed by atoms with Crippen LogP contribution in [0.25, 0.3) is 10.2 Å². The van der Waals surface area contributed by atoms with Gasteiger partial charge < -0.3 is 4.57 Å². The van der Waals surface area contributed by atoms with Gasteiger partial charge in [0, 0.05) is 25.2 Å². The Morgan fingerprint density at radius 1 is 1.06 bits per heavy atom. The molecule has 2 heterocycles. The number of nitrogens with zero attached hydrogens (tertiary/aromatic N) is 3. The molecule has 3 aromatic rings. The predicted molar refractivity (Wildman–Crippen MR) is 124 cm³/mol. The van der Waals surface area contributed by atoms with Crippen molar-refractivity contribution in [2.24, 2.45) is 4.99 Å². The number of benzene rings is 2. The van der Waals surface area contributed by atoms with Gasteiger partial charge in [0.2, 0.25) is 10.0 Å². The molecule has 0 radical (unpaired) electrons. The summed E-state index contributed by atoms with van der Waals surface area (Å²) in [6, 6.07) is 10.4. The number of hydrogen-bond acceptors (Lipinski definition) is 4. The van der Waals surface area contributed by atoms with E-state index in [1.807, 2.05) is 0 Å². The summed E-state index contributed by atoms with van der Waals surface area (Å²) in [5, 5.41) is 0. The lowest BCUT2D eigenvalue weighted by molar-refractivity contribution is 0.0997. The van der Waals surface area contributed by atoms with Crippen LogP contribution in [-0.2, 0) is 16.6 Å². The quantitative estimate of drug-likeness (QED) is 0.575. The number of hydrogen-bond donors (Lipinski definition) is 0. The molecule has 1 saturated heterocycles. The van der Waals surface area contributed by atoms with Crippen molar-refractivity contribution in [3.8, 4) is 0 Å². The molecule has 164 valence electrons. The highest BCUT2D eigenvalue weighted by molar-refractivity contribution is 7.89. The molecule has 1 aliphatic heterocycles. The fourth-order valence-corrected chi connectivity index (χ4v) is 6.50. The van der Waals surface area contributed by atoms with Gasteiger partial charge in [-0.05, 0) is 80.6 Å². The highest BCUT2D eigenvalue weighted by Crippen LogP contribution is 2.23. The first-order chi connectivity index (χ1) is 14.8. The first kappa shape index (κ1) is 21.9. The van der Waals surface area contributed by atoms with Gasteiger partial charge in [-0.1, -0.05) is 18.3 Å². The molecule has 0 saturated carbocycles. The average Bonchev–Trinajstić information content (AvgIpc) is 3.39. The van der Waals surface area contributed by atoms with Crippen LogP contribution in [0.4, 0.5) is 0 Å². The van der Waals surface area contributed by atoms with Gasteiger partial charge in [0.25, 0.3) is 5.91 Å². The minimum Gasteiger partial charge on any atom is -0.316 e. The molecule has 0 atom stereocenters. The number of fused-ring (bicyclic) bond motifs is 1. The summed E-state index contributed by atoms with van der Waals surface area (Å²) >= 11 is 1.51. The normalized spacial score (nSPS) is 15.8. The van der Waals surface area contributed by atoms with Crippen LogP contribution in [0.5, 0.6) is 0 Å². The molecular formula is C23H27N3O3S2. The van der Waals surface area contributed by atoms with Crippen molar-refractivity contribution in [1.82, 2.24) is 8.87 Å². The molecule has 1 fully saturated rings. The summed E-state index contributed by atoms with van der Waals surface area (Å²) in [7, 11) is -3.49. The van der Waals surface area contributed by atoms with Crippen LogP contribution >= 0.6 is 11.3 Å². The molecule has 0 bridgehead atoms. The van der Waals surface area contributed by atoms with E-state index in [1.54, 1.807) is 12.1 Å². The van der Waals surface area contributed by atoms with E-state index in [1.165, 1.54) is 38.9 Å². The third-order valence-corrected chi connectivity index (χ3v) is 8.70. The van der Waals surface area contributed by atoms with Gasteiger partial charge in [0.15, 0.2) is 4.80 Å². The fraction of sp³-hybridized carbons (Fsp3) is 0.391. The van der Waals surface area contributed by atoms with Gasteiger partial charge >= 0.3 is 0 Å². The Bertz CT molecular complexity index is 1300. The van der Waals surface area contributed by atoms with E-state index in [0.717, 1.165) is 36.0 Å². The minimum absolute atomic E-state index is 0.222. The van der Waals surface area contributed by atoms with Crippen LogP contribution in [-0.4, -0.2) is 36.3 Å². The zero-order valence-corrected chi connectivity index (χ0v) is 19.7. The van der Waals surface area contributed by atoms with E-state index < -0.39 is 10.0 Å². The Morgan fingerprint density at radius 3 is 2.35 bits per heavy atom. The number of rotatable bonds is 5. The van der Waals surface area contributed by atoms with E-state index in [-0.39, 0.29) is 10.8 Å². The molecule has 0 spiro atoms. The largest absolute Gasteiger partial charge is 0.316 e. The van der Waals surface area contributed by atoms with Gasteiger partial charge in [-0.2, -0.15) is 9.30 Å². The summed E-state index contributed by atoms with van der Waals surface area (Å²) in [5.41, 5.74) is 3.90. The standard InChI is InChI=1S/C23H27N3O3S2/c1-4-11-26-20-14-16(2)17(3)15-21(20)30-23(26)24-22(27)18-7-9-19(10-8-18)31(28,29)25-12-5-6-13-25/h7-10,14-15H,4-6,11-13H2,1-3H3. The van der Waals surface area contributed by atoms with Gasteiger partial charge in [-0.25, -0.2) is 8.42 Å². The summed E-state index contributed by atoms with van der Waals surface area (Å²) in [4.78, 5) is 18.2. The van der Waals surface area contributed by atoms with E-state index in [2.05, 4.69) is 42.5 Å². The SMILES string of the molecule is CCCn1c(=NC(=O)c2ccc(S(=O)(=O)N3CCCC3)cc2)sc2cc(C)c(C)cc21. The number of amides is 1. The zero-order chi connectivity index (χ0) is 22.2.